The lowest BCUT2D eigenvalue weighted by molar-refractivity contribution is 0.588. The maximum Gasteiger partial charge on any atom is 0.268 e. The standard InChI is InChI=1S/C15H14N2O2S/c1-11-10-13-14(16)8-5-9-15(13)17(11)20(18,19)12-6-3-2-4-7-12/h2-10H,16H2,1H3. The van der Waals surface area contributed by atoms with Gasteiger partial charge in [0.25, 0.3) is 10.0 Å². The lowest BCUT2D eigenvalue weighted by atomic mass is 10.2. The summed E-state index contributed by atoms with van der Waals surface area (Å²) in [5.41, 5.74) is 7.73. The average Bonchev–Trinajstić information content (AvgIpc) is 2.78. The van der Waals surface area contributed by atoms with E-state index in [0.29, 0.717) is 16.9 Å². The molecular weight excluding hydrogens is 272 g/mol. The maximum atomic E-state index is 12.8. The molecule has 0 saturated carbocycles. The van der Waals surface area contributed by atoms with Crippen LogP contribution in [0.3, 0.4) is 0 Å². The zero-order valence-electron chi connectivity index (χ0n) is 10.9. The molecule has 0 radical (unpaired) electrons. The van der Waals surface area contributed by atoms with E-state index < -0.39 is 10.0 Å². The van der Waals surface area contributed by atoms with Crippen LogP contribution >= 0.6 is 0 Å². The molecule has 0 spiro atoms. The molecule has 1 aromatic heterocycles. The van der Waals surface area contributed by atoms with Crippen molar-refractivity contribution in [3.05, 3.63) is 60.3 Å². The van der Waals surface area contributed by atoms with Crippen LogP contribution in [-0.4, -0.2) is 12.4 Å². The summed E-state index contributed by atoms with van der Waals surface area (Å²) in [5, 5.41) is 0.754. The molecule has 3 aromatic rings. The highest BCUT2D eigenvalue weighted by Gasteiger charge is 2.21. The molecule has 5 heteroatoms. The van der Waals surface area contributed by atoms with Gasteiger partial charge in [0.05, 0.1) is 10.4 Å². The average molecular weight is 286 g/mol. The Bertz CT molecular complexity index is 881. The second-order valence-electron chi connectivity index (χ2n) is 4.65. The zero-order chi connectivity index (χ0) is 14.3. The molecular formula is C15H14N2O2S. The SMILES string of the molecule is Cc1cc2c(N)cccc2n1S(=O)(=O)c1ccccc1. The van der Waals surface area contributed by atoms with Crippen LogP contribution in [0.4, 0.5) is 5.69 Å². The largest absolute Gasteiger partial charge is 0.398 e. The fourth-order valence-electron chi connectivity index (χ4n) is 2.38. The molecule has 102 valence electrons. The van der Waals surface area contributed by atoms with Gasteiger partial charge in [-0.15, -0.1) is 0 Å². The number of benzene rings is 2. The summed E-state index contributed by atoms with van der Waals surface area (Å²) >= 11 is 0. The molecule has 0 fully saturated rings. The van der Waals surface area contributed by atoms with E-state index in [1.807, 2.05) is 0 Å². The van der Waals surface area contributed by atoms with Gasteiger partial charge in [0, 0.05) is 16.8 Å². The van der Waals surface area contributed by atoms with E-state index in [1.54, 1.807) is 61.5 Å². The van der Waals surface area contributed by atoms with Crippen molar-refractivity contribution in [2.24, 2.45) is 0 Å². The van der Waals surface area contributed by atoms with Crippen LogP contribution in [0, 0.1) is 6.92 Å². The highest BCUT2D eigenvalue weighted by molar-refractivity contribution is 7.90. The van der Waals surface area contributed by atoms with Gasteiger partial charge in [-0.25, -0.2) is 12.4 Å². The third-order valence-corrected chi connectivity index (χ3v) is 5.12. The number of nitrogens with zero attached hydrogens (tertiary/aromatic N) is 1. The fourth-order valence-corrected chi connectivity index (χ4v) is 3.94. The Balaban J connectivity index is 2.36. The molecule has 0 amide bonds. The summed E-state index contributed by atoms with van der Waals surface area (Å²) in [6, 6.07) is 15.5. The Labute approximate surface area is 117 Å². The Kier molecular flexibility index (Phi) is 2.79. The first-order valence-corrected chi connectivity index (χ1v) is 7.63. The van der Waals surface area contributed by atoms with Gasteiger partial charge in [0.2, 0.25) is 0 Å². The van der Waals surface area contributed by atoms with Crippen LogP contribution in [0.5, 0.6) is 0 Å². The summed E-state index contributed by atoms with van der Waals surface area (Å²) in [6.45, 7) is 1.76. The molecule has 0 aliphatic rings. The number of nitrogen functional groups attached to an aromatic ring is 1. The smallest absolute Gasteiger partial charge is 0.268 e. The quantitative estimate of drug-likeness (QED) is 0.737. The first-order chi connectivity index (χ1) is 9.51. The van der Waals surface area contributed by atoms with Crippen LogP contribution in [0.2, 0.25) is 0 Å². The molecule has 0 saturated heterocycles. The van der Waals surface area contributed by atoms with E-state index in [9.17, 15) is 8.42 Å². The molecule has 0 aliphatic carbocycles. The topological polar surface area (TPSA) is 65.1 Å². The van der Waals surface area contributed by atoms with Crippen LogP contribution in [0.25, 0.3) is 10.9 Å². The van der Waals surface area contributed by atoms with Gasteiger partial charge in [-0.3, -0.25) is 0 Å². The highest BCUT2D eigenvalue weighted by atomic mass is 32.2. The second kappa shape index (κ2) is 4.38. The van der Waals surface area contributed by atoms with Crippen molar-refractivity contribution in [3.8, 4) is 0 Å². The summed E-state index contributed by atoms with van der Waals surface area (Å²) in [7, 11) is -3.61. The molecule has 2 N–H and O–H groups in total. The van der Waals surface area contributed by atoms with E-state index in [-0.39, 0.29) is 4.90 Å². The van der Waals surface area contributed by atoms with Crippen molar-refractivity contribution in [1.82, 2.24) is 3.97 Å². The summed E-state index contributed by atoms with van der Waals surface area (Å²) in [6.07, 6.45) is 0. The summed E-state index contributed by atoms with van der Waals surface area (Å²) < 4.78 is 26.9. The van der Waals surface area contributed by atoms with Gasteiger partial charge in [-0.05, 0) is 37.3 Å². The van der Waals surface area contributed by atoms with Crippen molar-refractivity contribution in [2.75, 3.05) is 5.73 Å². The molecule has 0 unspecified atom stereocenters. The number of rotatable bonds is 2. The van der Waals surface area contributed by atoms with Gasteiger partial charge < -0.3 is 5.73 Å². The Morgan fingerprint density at radius 3 is 2.40 bits per heavy atom. The van der Waals surface area contributed by atoms with Crippen LogP contribution in [0.15, 0.2) is 59.5 Å². The predicted molar refractivity (Wildman–Crippen MR) is 80.1 cm³/mol. The van der Waals surface area contributed by atoms with Crippen LogP contribution in [-0.2, 0) is 10.0 Å². The first kappa shape index (κ1) is 12.7. The molecule has 20 heavy (non-hydrogen) atoms. The van der Waals surface area contributed by atoms with Crippen molar-refractivity contribution < 1.29 is 8.42 Å². The Hall–Kier alpha value is -2.27. The van der Waals surface area contributed by atoms with Gasteiger partial charge in [-0.1, -0.05) is 24.3 Å². The number of aromatic nitrogens is 1. The highest BCUT2D eigenvalue weighted by Crippen LogP contribution is 2.28. The van der Waals surface area contributed by atoms with Crippen LogP contribution in [0.1, 0.15) is 5.69 Å². The maximum absolute atomic E-state index is 12.8. The minimum absolute atomic E-state index is 0.267. The lowest BCUT2D eigenvalue weighted by Crippen LogP contribution is -2.14. The van der Waals surface area contributed by atoms with Gasteiger partial charge in [0.1, 0.15) is 0 Å². The molecule has 3 rings (SSSR count). The third-order valence-electron chi connectivity index (χ3n) is 3.29. The van der Waals surface area contributed by atoms with Gasteiger partial charge in [0.15, 0.2) is 0 Å². The number of hydrogen-bond donors (Lipinski definition) is 1. The van der Waals surface area contributed by atoms with Crippen molar-refractivity contribution in [1.29, 1.82) is 0 Å². The number of fused-ring (bicyclic) bond motifs is 1. The minimum atomic E-state index is -3.61. The number of anilines is 1. The first-order valence-electron chi connectivity index (χ1n) is 6.19. The molecule has 4 nitrogen and oxygen atoms in total. The Morgan fingerprint density at radius 2 is 1.70 bits per heavy atom. The van der Waals surface area contributed by atoms with Crippen molar-refractivity contribution in [2.45, 2.75) is 11.8 Å². The fraction of sp³-hybridized carbons (Fsp3) is 0.0667. The third kappa shape index (κ3) is 1.78. The summed E-state index contributed by atoms with van der Waals surface area (Å²) in [4.78, 5) is 0.267. The molecule has 1 heterocycles. The van der Waals surface area contributed by atoms with Crippen molar-refractivity contribution >= 4 is 26.6 Å². The van der Waals surface area contributed by atoms with Crippen molar-refractivity contribution in [3.63, 3.8) is 0 Å². The summed E-state index contributed by atoms with van der Waals surface area (Å²) in [5.74, 6) is 0. The number of hydrogen-bond acceptors (Lipinski definition) is 3. The normalized spacial score (nSPS) is 11.8. The van der Waals surface area contributed by atoms with E-state index in [4.69, 9.17) is 5.73 Å². The zero-order valence-corrected chi connectivity index (χ0v) is 11.8. The van der Waals surface area contributed by atoms with E-state index in [1.165, 1.54) is 3.97 Å². The molecule has 2 aromatic carbocycles. The van der Waals surface area contributed by atoms with E-state index in [0.717, 1.165) is 5.39 Å². The molecule has 0 atom stereocenters. The number of aryl methyl sites for hydroxylation is 1. The predicted octanol–water partition coefficient (Wildman–Crippen LogP) is 2.77. The molecule has 0 aliphatic heterocycles. The lowest BCUT2D eigenvalue weighted by Gasteiger charge is -2.10. The second-order valence-corrected chi connectivity index (χ2v) is 6.43. The minimum Gasteiger partial charge on any atom is -0.398 e. The van der Waals surface area contributed by atoms with E-state index >= 15 is 0 Å². The van der Waals surface area contributed by atoms with E-state index in [2.05, 4.69) is 0 Å². The number of nitrogens with two attached hydrogens (primary N) is 1. The monoisotopic (exact) mass is 286 g/mol. The van der Waals surface area contributed by atoms with Gasteiger partial charge >= 0.3 is 0 Å². The van der Waals surface area contributed by atoms with Crippen LogP contribution < -0.4 is 5.73 Å². The molecule has 0 bridgehead atoms. The Morgan fingerprint density at radius 1 is 1.00 bits per heavy atom. The van der Waals surface area contributed by atoms with Gasteiger partial charge in [-0.2, -0.15) is 0 Å².